The molecule has 0 aliphatic rings. The molecule has 3 rings (SSSR count). The minimum absolute atomic E-state index is 0.00413. The first-order valence-electron chi connectivity index (χ1n) is 9.64. The van der Waals surface area contributed by atoms with Crippen molar-refractivity contribution in [2.75, 3.05) is 0 Å². The first kappa shape index (κ1) is 21.9. The maximum absolute atomic E-state index is 11.7. The zero-order valence-corrected chi connectivity index (χ0v) is 18.3. The van der Waals surface area contributed by atoms with Crippen molar-refractivity contribution in [3.05, 3.63) is 93.0 Å². The maximum Gasteiger partial charge on any atom is 0.159 e. The highest BCUT2D eigenvalue weighted by Crippen LogP contribution is 2.41. The minimum Gasteiger partial charge on any atom is -0.508 e. The predicted octanol–water partition coefficient (Wildman–Crippen LogP) is 7.37. The number of allylic oxidation sites excluding steroid dienone is 1. The number of halogens is 2. The van der Waals surface area contributed by atoms with Crippen molar-refractivity contribution in [1.29, 1.82) is 0 Å². The van der Waals surface area contributed by atoms with Crippen LogP contribution in [-0.4, -0.2) is 16.0 Å². The van der Waals surface area contributed by atoms with Crippen LogP contribution < -0.4 is 0 Å². The Bertz CT molecular complexity index is 1120. The molecule has 0 bridgehead atoms. The average molecular weight is 441 g/mol. The molecule has 3 nitrogen and oxygen atoms in total. The van der Waals surface area contributed by atoms with Gasteiger partial charge in [-0.05, 0) is 72.0 Å². The zero-order valence-electron chi connectivity index (χ0n) is 16.7. The Hall–Kier alpha value is -2.75. The van der Waals surface area contributed by atoms with Gasteiger partial charge in [-0.15, -0.1) is 0 Å². The molecule has 154 valence electrons. The van der Waals surface area contributed by atoms with Crippen LogP contribution >= 0.6 is 23.2 Å². The fraction of sp³-hybridized carbons (Fsp3) is 0.160. The second-order valence-corrected chi connectivity index (χ2v) is 7.91. The predicted molar refractivity (Wildman–Crippen MR) is 124 cm³/mol. The number of hydrogen-bond donors (Lipinski definition) is 2. The fourth-order valence-corrected chi connectivity index (χ4v) is 3.98. The van der Waals surface area contributed by atoms with E-state index in [-0.39, 0.29) is 17.3 Å². The van der Waals surface area contributed by atoms with Gasteiger partial charge in [-0.25, -0.2) is 0 Å². The molecular formula is C25H22Cl2O3. The smallest absolute Gasteiger partial charge is 0.159 e. The van der Waals surface area contributed by atoms with E-state index in [0.29, 0.717) is 27.6 Å². The third-order valence-corrected chi connectivity index (χ3v) is 5.44. The molecule has 2 N–H and O–H groups in total. The molecular weight excluding hydrogens is 419 g/mol. The molecule has 0 saturated carbocycles. The third kappa shape index (κ3) is 4.69. The maximum atomic E-state index is 11.7. The van der Waals surface area contributed by atoms with E-state index in [0.717, 1.165) is 28.7 Å². The number of benzene rings is 3. The number of rotatable bonds is 6. The van der Waals surface area contributed by atoms with Gasteiger partial charge in [0.05, 0.1) is 0 Å². The van der Waals surface area contributed by atoms with Crippen molar-refractivity contribution in [1.82, 2.24) is 0 Å². The summed E-state index contributed by atoms with van der Waals surface area (Å²) in [6, 6.07) is 17.1. The molecule has 0 atom stereocenters. The van der Waals surface area contributed by atoms with Gasteiger partial charge in [0.15, 0.2) is 5.78 Å². The molecule has 0 radical (unpaired) electrons. The van der Waals surface area contributed by atoms with Crippen molar-refractivity contribution >= 4 is 40.1 Å². The lowest BCUT2D eigenvalue weighted by Crippen LogP contribution is -1.99. The molecule has 3 aromatic rings. The number of phenols is 2. The van der Waals surface area contributed by atoms with Crippen molar-refractivity contribution in [2.45, 2.75) is 26.7 Å². The normalized spacial score (nSPS) is 11.9. The summed E-state index contributed by atoms with van der Waals surface area (Å²) in [4.78, 5) is 11.7. The standard InChI is InChI=1S/C25H22Cl2O3/c1-3-4-21(20-12-8-18(26)14-23(20)27)25(16-5-9-19(29)10-6-16)22-11-7-17(15(2)28)13-24(22)30/h5-14,29-30H,3-4H2,1-2H3/b25-21+. The van der Waals surface area contributed by atoms with Gasteiger partial charge in [-0.1, -0.05) is 60.8 Å². The number of carbonyl (C=O) groups is 1. The summed E-state index contributed by atoms with van der Waals surface area (Å²) in [5.74, 6) is 0.0295. The summed E-state index contributed by atoms with van der Waals surface area (Å²) in [5, 5.41) is 21.6. The van der Waals surface area contributed by atoms with Gasteiger partial charge < -0.3 is 10.2 Å². The lowest BCUT2D eigenvalue weighted by Gasteiger charge is -2.19. The van der Waals surface area contributed by atoms with E-state index >= 15 is 0 Å². The topological polar surface area (TPSA) is 57.5 Å². The second-order valence-electron chi connectivity index (χ2n) is 7.06. The zero-order chi connectivity index (χ0) is 21.8. The molecule has 0 fully saturated rings. The third-order valence-electron chi connectivity index (χ3n) is 4.89. The average Bonchev–Trinajstić information content (AvgIpc) is 2.70. The molecule has 0 aromatic heterocycles. The summed E-state index contributed by atoms with van der Waals surface area (Å²) in [6.45, 7) is 3.53. The summed E-state index contributed by atoms with van der Waals surface area (Å²) in [6.07, 6.45) is 1.55. The highest BCUT2D eigenvalue weighted by atomic mass is 35.5. The highest BCUT2D eigenvalue weighted by Gasteiger charge is 2.19. The van der Waals surface area contributed by atoms with E-state index in [9.17, 15) is 15.0 Å². The number of aromatic hydroxyl groups is 2. The number of carbonyl (C=O) groups excluding carboxylic acids is 1. The molecule has 30 heavy (non-hydrogen) atoms. The van der Waals surface area contributed by atoms with Crippen LogP contribution in [0.5, 0.6) is 11.5 Å². The molecule has 5 heteroatoms. The lowest BCUT2D eigenvalue weighted by atomic mass is 9.86. The number of hydrogen-bond acceptors (Lipinski definition) is 3. The SMILES string of the molecule is CCC/C(=C(/c1ccc(O)cc1)c1ccc(C(C)=O)cc1O)c1ccc(Cl)cc1Cl. The van der Waals surface area contributed by atoms with Gasteiger partial charge >= 0.3 is 0 Å². The Morgan fingerprint density at radius 2 is 1.50 bits per heavy atom. The second kappa shape index (κ2) is 9.38. The van der Waals surface area contributed by atoms with Crippen LogP contribution in [0, 0.1) is 0 Å². The van der Waals surface area contributed by atoms with Crippen LogP contribution in [0.3, 0.4) is 0 Å². The molecule has 0 saturated heterocycles. The first-order valence-corrected chi connectivity index (χ1v) is 10.4. The van der Waals surface area contributed by atoms with Crippen molar-refractivity contribution in [2.24, 2.45) is 0 Å². The number of ketones is 1. The van der Waals surface area contributed by atoms with Crippen molar-refractivity contribution < 1.29 is 15.0 Å². The fourth-order valence-electron chi connectivity index (χ4n) is 3.46. The molecule has 0 spiro atoms. The molecule has 0 unspecified atom stereocenters. The van der Waals surface area contributed by atoms with Gasteiger partial charge in [-0.3, -0.25) is 4.79 Å². The van der Waals surface area contributed by atoms with Gasteiger partial charge in [0.1, 0.15) is 11.5 Å². The van der Waals surface area contributed by atoms with E-state index in [2.05, 4.69) is 6.92 Å². The molecule has 0 aliphatic heterocycles. The van der Waals surface area contributed by atoms with Gasteiger partial charge in [-0.2, -0.15) is 0 Å². The van der Waals surface area contributed by atoms with Crippen LogP contribution in [0.4, 0.5) is 0 Å². The molecule has 3 aromatic carbocycles. The molecule has 0 heterocycles. The van der Waals surface area contributed by atoms with Crippen molar-refractivity contribution in [3.8, 4) is 11.5 Å². The minimum atomic E-state index is -0.124. The Labute approximate surface area is 186 Å². The Morgan fingerprint density at radius 3 is 2.07 bits per heavy atom. The largest absolute Gasteiger partial charge is 0.508 e. The summed E-state index contributed by atoms with van der Waals surface area (Å²) >= 11 is 12.6. The van der Waals surface area contributed by atoms with E-state index in [1.54, 1.807) is 48.5 Å². The van der Waals surface area contributed by atoms with Gasteiger partial charge in [0.25, 0.3) is 0 Å². The first-order chi connectivity index (χ1) is 14.3. The van der Waals surface area contributed by atoms with Gasteiger partial charge in [0, 0.05) is 21.2 Å². The van der Waals surface area contributed by atoms with Gasteiger partial charge in [0.2, 0.25) is 0 Å². The Kier molecular flexibility index (Phi) is 6.86. The van der Waals surface area contributed by atoms with E-state index in [4.69, 9.17) is 23.2 Å². The number of Topliss-reactive ketones (excluding diaryl/α,β-unsaturated/α-hetero) is 1. The van der Waals surface area contributed by atoms with E-state index in [1.807, 2.05) is 6.07 Å². The van der Waals surface area contributed by atoms with Crippen LogP contribution in [0.25, 0.3) is 11.1 Å². The van der Waals surface area contributed by atoms with Crippen LogP contribution in [0.15, 0.2) is 60.7 Å². The van der Waals surface area contributed by atoms with E-state index in [1.165, 1.54) is 13.0 Å². The van der Waals surface area contributed by atoms with Crippen LogP contribution in [0.1, 0.15) is 53.7 Å². The lowest BCUT2D eigenvalue weighted by molar-refractivity contribution is 0.101. The Balaban J connectivity index is 2.36. The van der Waals surface area contributed by atoms with Crippen molar-refractivity contribution in [3.63, 3.8) is 0 Å². The highest BCUT2D eigenvalue weighted by molar-refractivity contribution is 6.36. The van der Waals surface area contributed by atoms with Crippen LogP contribution in [-0.2, 0) is 0 Å². The molecule has 0 aliphatic carbocycles. The Morgan fingerprint density at radius 1 is 0.867 bits per heavy atom. The molecule has 0 amide bonds. The summed E-state index contributed by atoms with van der Waals surface area (Å²) in [7, 11) is 0. The van der Waals surface area contributed by atoms with E-state index < -0.39 is 0 Å². The van der Waals surface area contributed by atoms with Crippen LogP contribution in [0.2, 0.25) is 10.0 Å². The monoisotopic (exact) mass is 440 g/mol. The summed E-state index contributed by atoms with van der Waals surface area (Å²) < 4.78 is 0. The number of phenolic OH excluding ortho intramolecular Hbond substituents is 2. The quantitative estimate of drug-likeness (QED) is 0.310. The summed E-state index contributed by atoms with van der Waals surface area (Å²) in [5.41, 5.74) is 4.38.